The molecular formula is C23H28ClN3O2. The fourth-order valence-corrected chi connectivity index (χ4v) is 4.03. The van der Waals surface area contributed by atoms with Gasteiger partial charge in [0.1, 0.15) is 0 Å². The van der Waals surface area contributed by atoms with E-state index in [0.29, 0.717) is 13.2 Å². The Kier molecular flexibility index (Phi) is 6.72. The molecule has 2 aromatic carbocycles. The molecule has 4 rings (SSSR count). The number of hydrogen-bond donors (Lipinski definition) is 1. The number of halogens is 1. The SMILES string of the molecule is CN1CCOC(CC2=C(COCc3ccccc3)CN(c3ccccc3Cl)N2)C1. The van der Waals surface area contributed by atoms with Crippen molar-refractivity contribution in [1.29, 1.82) is 0 Å². The lowest BCUT2D eigenvalue weighted by Crippen LogP contribution is -2.41. The number of anilines is 1. The lowest BCUT2D eigenvalue weighted by atomic mass is 10.1. The number of morpholine rings is 1. The maximum Gasteiger partial charge on any atom is 0.0761 e. The molecule has 154 valence electrons. The summed E-state index contributed by atoms with van der Waals surface area (Å²) in [5.41, 5.74) is 8.15. The minimum atomic E-state index is 0.187. The Hall–Kier alpha value is -2.05. The van der Waals surface area contributed by atoms with E-state index in [1.807, 2.05) is 42.5 Å². The van der Waals surface area contributed by atoms with Crippen LogP contribution >= 0.6 is 11.6 Å². The van der Waals surface area contributed by atoms with E-state index in [-0.39, 0.29) is 6.10 Å². The summed E-state index contributed by atoms with van der Waals surface area (Å²) in [5.74, 6) is 0. The Morgan fingerprint density at radius 2 is 1.90 bits per heavy atom. The van der Waals surface area contributed by atoms with Gasteiger partial charge in [-0.2, -0.15) is 0 Å². The van der Waals surface area contributed by atoms with Gasteiger partial charge < -0.3 is 19.8 Å². The number of hydrogen-bond acceptors (Lipinski definition) is 5. The van der Waals surface area contributed by atoms with E-state index in [4.69, 9.17) is 21.1 Å². The zero-order valence-corrected chi connectivity index (χ0v) is 17.6. The molecule has 1 N–H and O–H groups in total. The first kappa shape index (κ1) is 20.2. The van der Waals surface area contributed by atoms with Crippen molar-refractivity contribution in [2.75, 3.05) is 44.9 Å². The van der Waals surface area contributed by atoms with Crippen LogP contribution in [0.4, 0.5) is 5.69 Å². The number of nitrogens with one attached hydrogen (secondary N) is 1. The highest BCUT2D eigenvalue weighted by Crippen LogP contribution is 2.30. The second-order valence-electron chi connectivity index (χ2n) is 7.67. The van der Waals surface area contributed by atoms with Crippen molar-refractivity contribution in [3.05, 3.63) is 76.5 Å². The van der Waals surface area contributed by atoms with E-state index in [2.05, 4.69) is 34.5 Å². The number of ether oxygens (including phenoxy) is 2. The van der Waals surface area contributed by atoms with Crippen LogP contribution < -0.4 is 10.4 Å². The molecule has 1 fully saturated rings. The summed E-state index contributed by atoms with van der Waals surface area (Å²) in [4.78, 5) is 2.32. The van der Waals surface area contributed by atoms with E-state index in [9.17, 15) is 0 Å². The summed E-state index contributed by atoms with van der Waals surface area (Å²) in [6.45, 7) is 4.64. The first-order chi connectivity index (χ1) is 14.2. The van der Waals surface area contributed by atoms with E-state index < -0.39 is 0 Å². The molecule has 5 nitrogen and oxygen atoms in total. The highest BCUT2D eigenvalue weighted by Gasteiger charge is 2.27. The van der Waals surface area contributed by atoms with E-state index in [1.54, 1.807) is 0 Å². The molecule has 0 bridgehead atoms. The van der Waals surface area contributed by atoms with E-state index in [1.165, 1.54) is 16.8 Å². The van der Waals surface area contributed by atoms with Gasteiger partial charge in [0.05, 0.1) is 43.2 Å². The van der Waals surface area contributed by atoms with Crippen molar-refractivity contribution in [3.8, 4) is 0 Å². The number of likely N-dealkylation sites (N-methyl/N-ethyl adjacent to an activating group) is 1. The van der Waals surface area contributed by atoms with Gasteiger partial charge in [-0.05, 0) is 30.3 Å². The summed E-state index contributed by atoms with van der Waals surface area (Å²) in [5, 5.41) is 2.84. The summed E-state index contributed by atoms with van der Waals surface area (Å²) in [6, 6.07) is 18.2. The van der Waals surface area contributed by atoms with Crippen molar-refractivity contribution in [1.82, 2.24) is 10.3 Å². The number of para-hydroxylation sites is 1. The largest absolute Gasteiger partial charge is 0.375 e. The van der Waals surface area contributed by atoms with Gasteiger partial charge in [-0.1, -0.05) is 54.1 Å². The van der Waals surface area contributed by atoms with Gasteiger partial charge in [-0.3, -0.25) is 5.01 Å². The number of nitrogens with zero attached hydrogens (tertiary/aromatic N) is 2. The lowest BCUT2D eigenvalue weighted by Gasteiger charge is -2.31. The minimum Gasteiger partial charge on any atom is -0.375 e. The molecule has 0 radical (unpaired) electrons. The van der Waals surface area contributed by atoms with Crippen molar-refractivity contribution >= 4 is 17.3 Å². The van der Waals surface area contributed by atoms with Crippen molar-refractivity contribution in [3.63, 3.8) is 0 Å². The number of rotatable bonds is 7. The van der Waals surface area contributed by atoms with Gasteiger partial charge >= 0.3 is 0 Å². The molecule has 1 unspecified atom stereocenters. The van der Waals surface area contributed by atoms with Crippen molar-refractivity contribution in [2.45, 2.75) is 19.1 Å². The summed E-state index contributed by atoms with van der Waals surface area (Å²) < 4.78 is 12.0. The number of hydrazine groups is 1. The highest BCUT2D eigenvalue weighted by atomic mass is 35.5. The van der Waals surface area contributed by atoms with Gasteiger partial charge in [0.25, 0.3) is 0 Å². The molecule has 1 atom stereocenters. The molecule has 29 heavy (non-hydrogen) atoms. The molecule has 0 spiro atoms. The first-order valence-electron chi connectivity index (χ1n) is 10.1. The Morgan fingerprint density at radius 1 is 1.10 bits per heavy atom. The molecule has 2 aliphatic heterocycles. The zero-order chi connectivity index (χ0) is 20.1. The molecule has 2 aliphatic rings. The van der Waals surface area contributed by atoms with Crippen LogP contribution in [0.3, 0.4) is 0 Å². The quantitative estimate of drug-likeness (QED) is 0.746. The third-order valence-corrected chi connectivity index (χ3v) is 5.67. The van der Waals surface area contributed by atoms with Crippen molar-refractivity contribution in [2.24, 2.45) is 0 Å². The van der Waals surface area contributed by atoms with Crippen LogP contribution in [0.5, 0.6) is 0 Å². The molecule has 2 heterocycles. The summed E-state index contributed by atoms with van der Waals surface area (Å²) in [7, 11) is 2.14. The molecule has 0 aliphatic carbocycles. The van der Waals surface area contributed by atoms with Gasteiger partial charge in [-0.15, -0.1) is 0 Å². The lowest BCUT2D eigenvalue weighted by molar-refractivity contribution is -0.0192. The van der Waals surface area contributed by atoms with Crippen LogP contribution in [0.1, 0.15) is 12.0 Å². The molecule has 2 aromatic rings. The predicted octanol–water partition coefficient (Wildman–Crippen LogP) is 3.86. The van der Waals surface area contributed by atoms with Crippen LogP contribution in [0.2, 0.25) is 5.02 Å². The molecule has 0 aromatic heterocycles. The van der Waals surface area contributed by atoms with Gasteiger partial charge in [-0.25, -0.2) is 0 Å². The van der Waals surface area contributed by atoms with Crippen LogP contribution in [0, 0.1) is 0 Å². The minimum absolute atomic E-state index is 0.187. The predicted molar refractivity (Wildman–Crippen MR) is 117 cm³/mol. The van der Waals surface area contributed by atoms with Crippen LogP contribution in [0.15, 0.2) is 65.9 Å². The molecule has 6 heteroatoms. The topological polar surface area (TPSA) is 37.0 Å². The second-order valence-corrected chi connectivity index (χ2v) is 8.08. The molecular weight excluding hydrogens is 386 g/mol. The molecule has 0 saturated carbocycles. The van der Waals surface area contributed by atoms with Gasteiger partial charge in [0.2, 0.25) is 0 Å². The van der Waals surface area contributed by atoms with Gasteiger partial charge in [0, 0.05) is 25.2 Å². The van der Waals surface area contributed by atoms with Crippen LogP contribution in [0.25, 0.3) is 0 Å². The Bertz CT molecular complexity index is 843. The fraction of sp³-hybridized carbons (Fsp3) is 0.391. The second kappa shape index (κ2) is 9.63. The Morgan fingerprint density at radius 3 is 2.69 bits per heavy atom. The normalized spacial score (nSPS) is 20.2. The fourth-order valence-electron chi connectivity index (χ4n) is 3.79. The zero-order valence-electron chi connectivity index (χ0n) is 16.8. The third kappa shape index (κ3) is 5.31. The van der Waals surface area contributed by atoms with Crippen LogP contribution in [-0.2, 0) is 16.1 Å². The summed E-state index contributed by atoms with van der Waals surface area (Å²) >= 11 is 6.43. The molecule has 0 amide bonds. The number of benzene rings is 2. The third-order valence-electron chi connectivity index (χ3n) is 5.35. The smallest absolute Gasteiger partial charge is 0.0761 e. The summed E-state index contributed by atoms with van der Waals surface area (Å²) in [6.07, 6.45) is 1.03. The van der Waals surface area contributed by atoms with Crippen LogP contribution in [-0.4, -0.2) is 50.9 Å². The molecule has 1 saturated heterocycles. The first-order valence-corrected chi connectivity index (χ1v) is 10.5. The average Bonchev–Trinajstić information content (AvgIpc) is 3.11. The monoisotopic (exact) mass is 413 g/mol. The maximum absolute atomic E-state index is 6.43. The van der Waals surface area contributed by atoms with Crippen molar-refractivity contribution < 1.29 is 9.47 Å². The van der Waals surface area contributed by atoms with E-state index >= 15 is 0 Å². The van der Waals surface area contributed by atoms with Gasteiger partial charge in [0.15, 0.2) is 0 Å². The highest BCUT2D eigenvalue weighted by molar-refractivity contribution is 6.33. The Labute approximate surface area is 177 Å². The standard InChI is InChI=1S/C23H28ClN3O2/c1-26-11-12-29-20(15-26)13-22-19(17-28-16-18-7-3-2-4-8-18)14-27(25-22)23-10-6-5-9-21(23)24/h2-10,20,25H,11-17H2,1H3. The van der Waals surface area contributed by atoms with E-state index in [0.717, 1.165) is 43.4 Å². The average molecular weight is 414 g/mol. The Balaban J connectivity index is 1.45. The maximum atomic E-state index is 6.43.